The summed E-state index contributed by atoms with van der Waals surface area (Å²) in [5, 5.41) is 69.2. The minimum absolute atomic E-state index is 0. The van der Waals surface area contributed by atoms with Gasteiger partial charge in [-0.1, -0.05) is 0 Å². The first-order valence-electron chi connectivity index (χ1n) is 6.13. The van der Waals surface area contributed by atoms with E-state index in [4.69, 9.17) is 20.4 Å². The fourth-order valence-corrected chi connectivity index (χ4v) is 0. The molecule has 0 rings (SSSR count). The van der Waals surface area contributed by atoms with Gasteiger partial charge < -0.3 is 60.0 Å². The fourth-order valence-electron chi connectivity index (χ4n) is 0. The Bertz CT molecular complexity index is 306. The Kier molecular flexibility index (Phi) is 28.3. The molecule has 0 aliphatic heterocycles. The van der Waals surface area contributed by atoms with Crippen LogP contribution in [0.3, 0.4) is 0 Å². The normalized spacial score (nSPS) is 13.1. The maximum atomic E-state index is 9.34. The number of carboxylic acid groups (broad SMARTS) is 4. The number of carboxylic acids is 4. The van der Waals surface area contributed by atoms with Crippen molar-refractivity contribution >= 4 is 23.9 Å². The first-order valence-corrected chi connectivity index (χ1v) is 6.13. The number of aliphatic carboxylic acids is 4. The van der Waals surface area contributed by atoms with Gasteiger partial charge in [-0.15, -0.1) is 0 Å². The SMILES string of the molecule is CC(O)C(=O)[O-].CC(O)C(=O)[O-].CC(O)C(=O)[O-].CC(O)C(=O)[O-].[Ir]. The summed E-state index contributed by atoms with van der Waals surface area (Å²) in [7, 11) is 0. The van der Waals surface area contributed by atoms with Crippen LogP contribution in [-0.4, -0.2) is 68.7 Å². The van der Waals surface area contributed by atoms with E-state index >= 15 is 0 Å². The van der Waals surface area contributed by atoms with Crippen molar-refractivity contribution in [3.8, 4) is 0 Å². The van der Waals surface area contributed by atoms with Gasteiger partial charge in [0.25, 0.3) is 0 Å². The van der Waals surface area contributed by atoms with E-state index in [1.807, 2.05) is 0 Å². The third-order valence-corrected chi connectivity index (χ3v) is 1.36. The molecule has 4 unspecified atom stereocenters. The summed E-state index contributed by atoms with van der Waals surface area (Å²) in [5.74, 6) is -5.74. The monoisotopic (exact) mass is 549 g/mol. The summed E-state index contributed by atoms with van der Waals surface area (Å²) in [6.07, 6.45) is -5.37. The second kappa shape index (κ2) is 20.4. The maximum Gasteiger partial charge on any atom is 0.0905 e. The van der Waals surface area contributed by atoms with Crippen molar-refractivity contribution < 1.29 is 80.1 Å². The zero-order valence-electron chi connectivity index (χ0n) is 13.7. The molecule has 0 aromatic rings. The van der Waals surface area contributed by atoms with E-state index in [0.717, 1.165) is 27.7 Å². The van der Waals surface area contributed by atoms with Crippen molar-refractivity contribution in [2.75, 3.05) is 0 Å². The van der Waals surface area contributed by atoms with Gasteiger partial charge in [-0.25, -0.2) is 0 Å². The summed E-state index contributed by atoms with van der Waals surface area (Å²) in [6, 6.07) is 0. The Balaban J connectivity index is -0.0000000702. The quantitative estimate of drug-likeness (QED) is 0.256. The molecular weight excluding hydrogens is 528 g/mol. The molecule has 0 heterocycles. The number of aliphatic hydroxyl groups is 4. The van der Waals surface area contributed by atoms with Gasteiger partial charge in [-0.3, -0.25) is 0 Å². The fraction of sp³-hybridized carbons (Fsp3) is 0.667. The van der Waals surface area contributed by atoms with Crippen molar-refractivity contribution in [3.63, 3.8) is 0 Å². The maximum absolute atomic E-state index is 9.34. The van der Waals surface area contributed by atoms with Crippen molar-refractivity contribution in [1.82, 2.24) is 0 Å². The summed E-state index contributed by atoms with van der Waals surface area (Å²) < 4.78 is 0. The Labute approximate surface area is 156 Å². The number of carbonyl (C=O) groups excluding carboxylic acids is 4. The van der Waals surface area contributed by atoms with Crippen molar-refractivity contribution in [3.05, 3.63) is 0 Å². The van der Waals surface area contributed by atoms with Crippen LogP contribution in [0.2, 0.25) is 0 Å². The second-order valence-electron chi connectivity index (χ2n) is 3.98. The summed E-state index contributed by atoms with van der Waals surface area (Å²) in [4.78, 5) is 37.4. The molecule has 0 saturated heterocycles. The van der Waals surface area contributed by atoms with Crippen molar-refractivity contribution in [1.29, 1.82) is 0 Å². The van der Waals surface area contributed by atoms with Gasteiger partial charge in [-0.05, 0) is 27.7 Å². The van der Waals surface area contributed by atoms with Crippen LogP contribution in [0.4, 0.5) is 0 Å². The largest absolute Gasteiger partial charge is 0.547 e. The van der Waals surface area contributed by atoms with E-state index in [0.29, 0.717) is 0 Å². The molecule has 0 aromatic heterocycles. The topological polar surface area (TPSA) is 241 Å². The molecule has 0 aromatic carbocycles. The van der Waals surface area contributed by atoms with Crippen LogP contribution in [0.25, 0.3) is 0 Å². The van der Waals surface area contributed by atoms with E-state index < -0.39 is 48.3 Å². The molecule has 1 radical (unpaired) electrons. The molecule has 12 nitrogen and oxygen atoms in total. The Morgan fingerprint density at radius 1 is 0.520 bits per heavy atom. The van der Waals surface area contributed by atoms with Crippen LogP contribution in [0, 0.1) is 0 Å². The summed E-state index contributed by atoms with van der Waals surface area (Å²) in [5.41, 5.74) is 0. The molecule has 0 spiro atoms. The Hall–Kier alpha value is -1.63. The predicted molar refractivity (Wildman–Crippen MR) is 66.8 cm³/mol. The Morgan fingerprint density at radius 3 is 0.560 bits per heavy atom. The second-order valence-corrected chi connectivity index (χ2v) is 3.98. The van der Waals surface area contributed by atoms with Gasteiger partial charge in [-0.2, -0.15) is 0 Å². The van der Waals surface area contributed by atoms with Gasteiger partial charge in [0, 0.05) is 20.1 Å². The number of aliphatic hydroxyl groups excluding tert-OH is 4. The van der Waals surface area contributed by atoms with Crippen LogP contribution in [-0.2, 0) is 39.3 Å². The molecule has 25 heavy (non-hydrogen) atoms. The average molecular weight is 548 g/mol. The molecule has 4 atom stereocenters. The molecule has 153 valence electrons. The summed E-state index contributed by atoms with van der Waals surface area (Å²) >= 11 is 0. The molecule has 4 N–H and O–H groups in total. The number of hydrogen-bond donors (Lipinski definition) is 4. The first-order chi connectivity index (χ1) is 10.6. The predicted octanol–water partition coefficient (Wildman–Crippen LogP) is -7.53. The van der Waals surface area contributed by atoms with Gasteiger partial charge >= 0.3 is 0 Å². The molecule has 0 bridgehead atoms. The van der Waals surface area contributed by atoms with E-state index in [1.165, 1.54) is 0 Å². The van der Waals surface area contributed by atoms with Crippen molar-refractivity contribution in [2.45, 2.75) is 52.1 Å². The molecule has 0 aliphatic rings. The third kappa shape index (κ3) is 45.0. The number of rotatable bonds is 4. The number of carbonyl (C=O) groups is 4. The minimum Gasteiger partial charge on any atom is -0.547 e. The van der Waals surface area contributed by atoms with E-state index in [2.05, 4.69) is 0 Å². The van der Waals surface area contributed by atoms with Crippen LogP contribution in [0.1, 0.15) is 27.7 Å². The van der Waals surface area contributed by atoms with Crippen LogP contribution < -0.4 is 20.4 Å². The van der Waals surface area contributed by atoms with E-state index in [-0.39, 0.29) is 20.1 Å². The van der Waals surface area contributed by atoms with Gasteiger partial charge in [0.1, 0.15) is 0 Å². The molecule has 0 amide bonds. The van der Waals surface area contributed by atoms with Gasteiger partial charge in [0.15, 0.2) is 0 Å². The zero-order chi connectivity index (χ0) is 20.6. The van der Waals surface area contributed by atoms with Crippen molar-refractivity contribution in [2.24, 2.45) is 0 Å². The van der Waals surface area contributed by atoms with Crippen LogP contribution in [0.5, 0.6) is 0 Å². The van der Waals surface area contributed by atoms with Crippen LogP contribution in [0.15, 0.2) is 0 Å². The molecule has 13 heteroatoms. The zero-order valence-corrected chi connectivity index (χ0v) is 16.1. The number of hydrogen-bond acceptors (Lipinski definition) is 12. The first kappa shape index (κ1) is 34.7. The van der Waals surface area contributed by atoms with Gasteiger partial charge in [0.2, 0.25) is 0 Å². The molecule has 0 aliphatic carbocycles. The van der Waals surface area contributed by atoms with Gasteiger partial charge in [0.05, 0.1) is 48.3 Å². The van der Waals surface area contributed by atoms with E-state index in [9.17, 15) is 39.6 Å². The summed E-state index contributed by atoms with van der Waals surface area (Å²) in [6.45, 7) is 4.54. The molecule has 0 fully saturated rings. The minimum atomic E-state index is -1.44. The molecule has 0 saturated carbocycles. The Morgan fingerprint density at radius 2 is 0.560 bits per heavy atom. The third-order valence-electron chi connectivity index (χ3n) is 1.36. The standard InChI is InChI=1S/4C3H6O3.Ir/c4*1-2(4)3(5)6;/h4*2,4H,1H3,(H,5,6);/p-4. The average Bonchev–Trinajstić information content (AvgIpc) is 2.40. The van der Waals surface area contributed by atoms with Crippen LogP contribution >= 0.6 is 0 Å². The molecular formula is C12H20IrO12-4. The smallest absolute Gasteiger partial charge is 0.0905 e. The van der Waals surface area contributed by atoms with E-state index in [1.54, 1.807) is 0 Å².